The molecule has 0 radical (unpaired) electrons. The summed E-state index contributed by atoms with van der Waals surface area (Å²) in [4.78, 5) is 4.67. The molecular weight excluding hydrogens is 377 g/mol. The van der Waals surface area contributed by atoms with Crippen molar-refractivity contribution in [1.82, 2.24) is 4.98 Å². The van der Waals surface area contributed by atoms with Crippen LogP contribution < -0.4 is 0 Å². The third-order valence-corrected chi connectivity index (χ3v) is 4.16. The third kappa shape index (κ3) is 3.04. The first-order chi connectivity index (χ1) is 7.77. The molecule has 2 aromatic rings. The second-order valence-corrected chi connectivity index (χ2v) is 5.78. The van der Waals surface area contributed by atoms with Crippen LogP contribution in [0, 0.1) is 3.57 Å². The van der Waals surface area contributed by atoms with Crippen molar-refractivity contribution in [3.63, 3.8) is 0 Å². The molecule has 0 fully saturated rings. The number of alkyl halides is 1. The van der Waals surface area contributed by atoms with Crippen LogP contribution in [-0.4, -0.2) is 4.98 Å². The number of hydrogen-bond donors (Lipinski definition) is 0. The summed E-state index contributed by atoms with van der Waals surface area (Å²) < 4.78 is 1.29. The Bertz CT molecular complexity index is 458. The fourth-order valence-electron chi connectivity index (χ4n) is 1.54. The second kappa shape index (κ2) is 5.77. The van der Waals surface area contributed by atoms with Crippen LogP contribution in [0.4, 0.5) is 0 Å². The highest BCUT2D eigenvalue weighted by atomic mass is 127. The van der Waals surface area contributed by atoms with E-state index in [0.717, 1.165) is 12.1 Å². The molecule has 1 atom stereocenters. The van der Waals surface area contributed by atoms with Crippen molar-refractivity contribution in [2.24, 2.45) is 0 Å². The molecule has 0 N–H and O–H groups in total. The molecule has 0 aliphatic rings. The van der Waals surface area contributed by atoms with Crippen LogP contribution in [0.5, 0.6) is 0 Å². The number of pyridine rings is 1. The standard InChI is InChI=1S/C13H11BrIN/c14-12(9-10-5-3-4-8-16-10)11-6-1-2-7-13(11)15/h1-8,12H,9H2. The molecule has 1 aromatic heterocycles. The lowest BCUT2D eigenvalue weighted by Gasteiger charge is -2.11. The second-order valence-electron chi connectivity index (χ2n) is 3.51. The van der Waals surface area contributed by atoms with Crippen LogP contribution in [0.25, 0.3) is 0 Å². The van der Waals surface area contributed by atoms with E-state index >= 15 is 0 Å². The topological polar surface area (TPSA) is 12.9 Å². The number of halogens is 2. The van der Waals surface area contributed by atoms with E-state index < -0.39 is 0 Å². The van der Waals surface area contributed by atoms with E-state index in [1.165, 1.54) is 9.13 Å². The van der Waals surface area contributed by atoms with E-state index in [0.29, 0.717) is 4.83 Å². The minimum absolute atomic E-state index is 0.329. The molecule has 16 heavy (non-hydrogen) atoms. The molecule has 0 spiro atoms. The Morgan fingerprint density at radius 1 is 1.12 bits per heavy atom. The zero-order valence-electron chi connectivity index (χ0n) is 8.61. The van der Waals surface area contributed by atoms with E-state index in [1.807, 2.05) is 18.3 Å². The first-order valence-electron chi connectivity index (χ1n) is 5.06. The fraction of sp³-hybridized carbons (Fsp3) is 0.154. The van der Waals surface area contributed by atoms with Crippen LogP contribution in [0.15, 0.2) is 48.7 Å². The number of nitrogens with zero attached hydrogens (tertiary/aromatic N) is 1. The van der Waals surface area contributed by atoms with Crippen molar-refractivity contribution in [3.8, 4) is 0 Å². The van der Waals surface area contributed by atoms with Crippen molar-refractivity contribution in [3.05, 3.63) is 63.5 Å². The number of benzene rings is 1. The molecule has 1 unspecified atom stereocenters. The SMILES string of the molecule is BrC(Cc1ccccn1)c1ccccc1I. The highest BCUT2D eigenvalue weighted by Crippen LogP contribution is 2.29. The number of aromatic nitrogens is 1. The predicted octanol–water partition coefficient (Wildman–Crippen LogP) is 4.36. The van der Waals surface area contributed by atoms with Gasteiger partial charge in [0.05, 0.1) is 0 Å². The monoisotopic (exact) mass is 387 g/mol. The van der Waals surface area contributed by atoms with Crippen LogP contribution in [-0.2, 0) is 6.42 Å². The van der Waals surface area contributed by atoms with Gasteiger partial charge in [0, 0.05) is 26.7 Å². The molecule has 2 rings (SSSR count). The molecule has 0 saturated carbocycles. The summed E-state index contributed by atoms with van der Waals surface area (Å²) in [6.07, 6.45) is 2.76. The maximum absolute atomic E-state index is 4.34. The summed E-state index contributed by atoms with van der Waals surface area (Å²) in [5, 5.41) is 0. The van der Waals surface area contributed by atoms with Gasteiger partial charge in [0.1, 0.15) is 0 Å². The van der Waals surface area contributed by atoms with E-state index in [2.05, 4.69) is 73.8 Å². The van der Waals surface area contributed by atoms with Crippen molar-refractivity contribution in [2.45, 2.75) is 11.2 Å². The van der Waals surface area contributed by atoms with Gasteiger partial charge in [-0.2, -0.15) is 0 Å². The Kier molecular flexibility index (Phi) is 4.35. The van der Waals surface area contributed by atoms with Crippen LogP contribution in [0.1, 0.15) is 16.1 Å². The number of hydrogen-bond acceptors (Lipinski definition) is 1. The van der Waals surface area contributed by atoms with Crippen molar-refractivity contribution < 1.29 is 0 Å². The quantitative estimate of drug-likeness (QED) is 0.563. The smallest absolute Gasteiger partial charge is 0.0461 e. The van der Waals surface area contributed by atoms with Gasteiger partial charge in [0.25, 0.3) is 0 Å². The Labute approximate surface area is 118 Å². The molecule has 1 aromatic carbocycles. The van der Waals surface area contributed by atoms with Gasteiger partial charge < -0.3 is 0 Å². The lowest BCUT2D eigenvalue weighted by Crippen LogP contribution is -1.99. The molecule has 3 heteroatoms. The van der Waals surface area contributed by atoms with E-state index in [-0.39, 0.29) is 0 Å². The maximum atomic E-state index is 4.34. The van der Waals surface area contributed by atoms with Gasteiger partial charge in [-0.15, -0.1) is 0 Å². The van der Waals surface area contributed by atoms with Crippen LogP contribution >= 0.6 is 38.5 Å². The predicted molar refractivity (Wildman–Crippen MR) is 78.8 cm³/mol. The Hall–Kier alpha value is -0.420. The zero-order chi connectivity index (χ0) is 11.4. The molecule has 1 nitrogen and oxygen atoms in total. The van der Waals surface area contributed by atoms with Crippen LogP contribution in [0.3, 0.4) is 0 Å². The largest absolute Gasteiger partial charge is 0.261 e. The Balaban J connectivity index is 2.15. The van der Waals surface area contributed by atoms with Crippen LogP contribution in [0.2, 0.25) is 0 Å². The molecular formula is C13H11BrIN. The summed E-state index contributed by atoms with van der Waals surface area (Å²) in [7, 11) is 0. The zero-order valence-corrected chi connectivity index (χ0v) is 12.3. The molecule has 82 valence electrons. The minimum Gasteiger partial charge on any atom is -0.261 e. The molecule has 0 saturated heterocycles. The summed E-state index contributed by atoms with van der Waals surface area (Å²) in [5.74, 6) is 0. The highest BCUT2D eigenvalue weighted by Gasteiger charge is 2.11. The van der Waals surface area contributed by atoms with Gasteiger partial charge in [-0.25, -0.2) is 0 Å². The van der Waals surface area contributed by atoms with Gasteiger partial charge >= 0.3 is 0 Å². The minimum atomic E-state index is 0.329. The van der Waals surface area contributed by atoms with Gasteiger partial charge in [-0.1, -0.05) is 40.2 Å². The first-order valence-corrected chi connectivity index (χ1v) is 7.05. The van der Waals surface area contributed by atoms with Crippen molar-refractivity contribution >= 4 is 38.5 Å². The lowest BCUT2D eigenvalue weighted by molar-refractivity contribution is 0.900. The Morgan fingerprint density at radius 3 is 2.56 bits per heavy atom. The highest BCUT2D eigenvalue weighted by molar-refractivity contribution is 14.1. The molecule has 0 amide bonds. The summed E-state index contributed by atoms with van der Waals surface area (Å²) in [6.45, 7) is 0. The number of rotatable bonds is 3. The van der Waals surface area contributed by atoms with E-state index in [9.17, 15) is 0 Å². The average Bonchev–Trinajstić information content (AvgIpc) is 2.31. The maximum Gasteiger partial charge on any atom is 0.0461 e. The van der Waals surface area contributed by atoms with Gasteiger partial charge in [0.15, 0.2) is 0 Å². The molecule has 0 bridgehead atoms. The van der Waals surface area contributed by atoms with E-state index in [1.54, 1.807) is 0 Å². The first kappa shape index (κ1) is 12.0. The normalized spacial score (nSPS) is 12.4. The van der Waals surface area contributed by atoms with Gasteiger partial charge in [0.2, 0.25) is 0 Å². The lowest BCUT2D eigenvalue weighted by atomic mass is 10.1. The van der Waals surface area contributed by atoms with E-state index in [4.69, 9.17) is 0 Å². The summed E-state index contributed by atoms with van der Waals surface area (Å²) in [5.41, 5.74) is 2.44. The third-order valence-electron chi connectivity index (χ3n) is 2.36. The van der Waals surface area contributed by atoms with Crippen molar-refractivity contribution in [2.75, 3.05) is 0 Å². The van der Waals surface area contributed by atoms with Gasteiger partial charge in [-0.05, 0) is 46.4 Å². The Morgan fingerprint density at radius 2 is 1.88 bits per heavy atom. The summed E-state index contributed by atoms with van der Waals surface area (Å²) in [6, 6.07) is 14.4. The molecule has 0 aliphatic carbocycles. The average molecular weight is 388 g/mol. The van der Waals surface area contributed by atoms with Gasteiger partial charge in [-0.3, -0.25) is 4.98 Å². The fourth-order valence-corrected chi connectivity index (χ4v) is 3.46. The van der Waals surface area contributed by atoms with Crippen molar-refractivity contribution in [1.29, 1.82) is 0 Å². The molecule has 0 aliphatic heterocycles. The summed E-state index contributed by atoms with van der Waals surface area (Å²) >= 11 is 6.10. The molecule has 1 heterocycles.